The fraction of sp³-hybridized carbons (Fsp3) is 0.640. The van der Waals surface area contributed by atoms with Crippen molar-refractivity contribution < 1.29 is 28.6 Å². The minimum atomic E-state index is -0.839. The maximum Gasteiger partial charge on any atom is 0.306 e. The van der Waals surface area contributed by atoms with Crippen molar-refractivity contribution in [2.45, 2.75) is 297 Å². The lowest BCUT2D eigenvalue weighted by atomic mass is 10.0. The molecule has 6 nitrogen and oxygen atoms in total. The number of allylic oxidation sites excluding steroid dienone is 24. The van der Waals surface area contributed by atoms with Crippen molar-refractivity contribution in [1.29, 1.82) is 0 Å². The highest BCUT2D eigenvalue weighted by atomic mass is 16.6. The number of esters is 3. The van der Waals surface area contributed by atoms with Gasteiger partial charge in [-0.15, -0.1) is 0 Å². The van der Waals surface area contributed by atoms with Gasteiger partial charge in [0.2, 0.25) is 0 Å². The Hall–Kier alpha value is -4.71. The minimum Gasteiger partial charge on any atom is -0.462 e. The van der Waals surface area contributed by atoms with Crippen LogP contribution in [0.1, 0.15) is 290 Å². The van der Waals surface area contributed by atoms with E-state index in [0.29, 0.717) is 19.3 Å². The number of carbonyl (C=O) groups is 3. The van der Waals surface area contributed by atoms with Gasteiger partial charge in [0.25, 0.3) is 0 Å². The Labute approximate surface area is 499 Å². The van der Waals surface area contributed by atoms with E-state index < -0.39 is 6.10 Å². The van der Waals surface area contributed by atoms with Gasteiger partial charge in [-0.1, -0.05) is 308 Å². The topological polar surface area (TPSA) is 78.9 Å². The molecule has 0 amide bonds. The summed E-state index contributed by atoms with van der Waals surface area (Å²) < 4.78 is 16.8. The largest absolute Gasteiger partial charge is 0.462 e. The van der Waals surface area contributed by atoms with E-state index in [4.69, 9.17) is 14.2 Å². The van der Waals surface area contributed by atoms with Crippen LogP contribution in [0.4, 0.5) is 0 Å². The number of hydrogen-bond donors (Lipinski definition) is 0. The van der Waals surface area contributed by atoms with Crippen LogP contribution in [-0.4, -0.2) is 37.2 Å². The fourth-order valence-corrected chi connectivity index (χ4v) is 8.94. The van der Waals surface area contributed by atoms with Crippen LogP contribution in [-0.2, 0) is 28.6 Å². The number of rotatable bonds is 59. The lowest BCUT2D eigenvalue weighted by molar-refractivity contribution is -0.166. The molecule has 0 aromatic rings. The molecule has 0 rings (SSSR count). The first-order valence-electron chi connectivity index (χ1n) is 33.3. The van der Waals surface area contributed by atoms with E-state index in [9.17, 15) is 14.4 Å². The lowest BCUT2D eigenvalue weighted by Crippen LogP contribution is -2.30. The number of carbonyl (C=O) groups excluding carboxylic acids is 3. The van der Waals surface area contributed by atoms with Crippen LogP contribution in [0, 0.1) is 0 Å². The van der Waals surface area contributed by atoms with Gasteiger partial charge in [0, 0.05) is 19.3 Å². The Morgan fingerprint density at radius 1 is 0.259 bits per heavy atom. The average Bonchev–Trinajstić information content (AvgIpc) is 3.47. The van der Waals surface area contributed by atoms with Crippen LogP contribution in [0.2, 0.25) is 0 Å². The minimum absolute atomic E-state index is 0.122. The molecule has 0 aliphatic rings. The molecule has 1 unspecified atom stereocenters. The first kappa shape index (κ1) is 76.3. The predicted molar refractivity (Wildman–Crippen MR) is 352 cm³/mol. The third-order valence-corrected chi connectivity index (χ3v) is 13.9. The molecule has 0 aromatic heterocycles. The van der Waals surface area contributed by atoms with Gasteiger partial charge in [0.05, 0.1) is 0 Å². The first-order valence-corrected chi connectivity index (χ1v) is 33.3. The molecule has 1 atom stereocenters. The summed E-state index contributed by atoms with van der Waals surface area (Å²) in [6.45, 7) is 6.33. The summed E-state index contributed by atoms with van der Waals surface area (Å²) >= 11 is 0. The summed E-state index contributed by atoms with van der Waals surface area (Å²) in [7, 11) is 0. The van der Waals surface area contributed by atoms with Crippen molar-refractivity contribution >= 4 is 17.9 Å². The highest BCUT2D eigenvalue weighted by molar-refractivity contribution is 5.71. The van der Waals surface area contributed by atoms with Crippen LogP contribution in [0.3, 0.4) is 0 Å². The van der Waals surface area contributed by atoms with E-state index in [-0.39, 0.29) is 44.0 Å². The quantitative estimate of drug-likeness (QED) is 0.0261. The highest BCUT2D eigenvalue weighted by Crippen LogP contribution is 2.17. The van der Waals surface area contributed by atoms with Gasteiger partial charge in [-0.2, -0.15) is 0 Å². The van der Waals surface area contributed by atoms with Crippen molar-refractivity contribution in [2.24, 2.45) is 0 Å². The van der Waals surface area contributed by atoms with Crippen LogP contribution in [0.5, 0.6) is 0 Å². The monoisotopic (exact) mass is 1120 g/mol. The molecule has 81 heavy (non-hydrogen) atoms. The summed E-state index contributed by atoms with van der Waals surface area (Å²) in [5.74, 6) is -1.05. The second-order valence-electron chi connectivity index (χ2n) is 21.6. The Morgan fingerprint density at radius 2 is 0.506 bits per heavy atom. The third kappa shape index (κ3) is 66.0. The number of unbranched alkanes of at least 4 members (excludes halogenated alkanes) is 24. The number of hydrogen-bond acceptors (Lipinski definition) is 6. The molecule has 0 N–H and O–H groups in total. The van der Waals surface area contributed by atoms with Gasteiger partial charge in [-0.3, -0.25) is 14.4 Å². The third-order valence-electron chi connectivity index (χ3n) is 13.9. The molecule has 6 heteroatoms. The molecule has 458 valence electrons. The Kier molecular flexibility index (Phi) is 63.9. The zero-order valence-electron chi connectivity index (χ0n) is 52.5. The van der Waals surface area contributed by atoms with E-state index in [0.717, 1.165) is 109 Å². The Bertz CT molecular complexity index is 1760. The first-order chi connectivity index (χ1) is 40.0. The standard InChI is InChI=1S/C75H122O6/c1-4-7-10-13-16-19-22-25-28-31-34-36-37-39-41-44-47-50-53-56-59-62-65-68-74(77)80-71-72(70-79-73(76)67-64-61-58-55-52-49-46-43-40-33-30-27-24-21-18-15-12-9-6-3)81-75(78)69-66-63-60-57-54-51-48-45-42-38-35-32-29-26-23-20-17-14-11-8-5-2/h8-9,11-12,17-18,20-21,26-27,29-30,35,38,40,43,45,48-49,52,54,57-58,61,72H,4-7,10,13-16,19,22-25,28,31-34,36-37,39,41-42,44,46-47,50-51,53,55-56,59-60,62-71H2,1-3H3/b11-8-,12-9-,20-17-,21-18-,29-26-,30-27-,38-35-,43-40-,48-45-,52-49-,57-54-,61-58-. The van der Waals surface area contributed by atoms with Crippen LogP contribution in [0.15, 0.2) is 146 Å². The molecule has 0 heterocycles. The fourth-order valence-electron chi connectivity index (χ4n) is 8.94. The highest BCUT2D eigenvalue weighted by Gasteiger charge is 2.19. The molecular weight excluding hydrogens is 997 g/mol. The summed E-state index contributed by atoms with van der Waals surface area (Å²) in [6, 6.07) is 0. The summed E-state index contributed by atoms with van der Waals surface area (Å²) in [5.41, 5.74) is 0. The molecule has 0 spiro atoms. The van der Waals surface area contributed by atoms with E-state index in [1.807, 2.05) is 6.08 Å². The molecule has 0 aliphatic heterocycles. The Morgan fingerprint density at radius 3 is 0.827 bits per heavy atom. The van der Waals surface area contributed by atoms with Gasteiger partial charge in [0.15, 0.2) is 6.10 Å². The van der Waals surface area contributed by atoms with Gasteiger partial charge in [0.1, 0.15) is 13.2 Å². The van der Waals surface area contributed by atoms with Crippen LogP contribution < -0.4 is 0 Å². The van der Waals surface area contributed by atoms with Crippen molar-refractivity contribution in [3.63, 3.8) is 0 Å². The van der Waals surface area contributed by atoms with Crippen molar-refractivity contribution in [1.82, 2.24) is 0 Å². The maximum atomic E-state index is 12.9. The second-order valence-corrected chi connectivity index (χ2v) is 21.6. The van der Waals surface area contributed by atoms with Crippen LogP contribution in [0.25, 0.3) is 0 Å². The zero-order chi connectivity index (χ0) is 58.5. The van der Waals surface area contributed by atoms with E-state index in [1.165, 1.54) is 128 Å². The average molecular weight is 1120 g/mol. The van der Waals surface area contributed by atoms with Gasteiger partial charge >= 0.3 is 17.9 Å². The summed E-state index contributed by atoms with van der Waals surface area (Å²) in [6.07, 6.45) is 97.3. The van der Waals surface area contributed by atoms with Crippen molar-refractivity contribution in [3.8, 4) is 0 Å². The van der Waals surface area contributed by atoms with E-state index in [2.05, 4.69) is 161 Å². The van der Waals surface area contributed by atoms with Gasteiger partial charge in [-0.25, -0.2) is 0 Å². The van der Waals surface area contributed by atoms with Crippen molar-refractivity contribution in [3.05, 3.63) is 146 Å². The molecule has 0 saturated heterocycles. The molecule has 0 radical (unpaired) electrons. The van der Waals surface area contributed by atoms with Crippen LogP contribution >= 0.6 is 0 Å². The lowest BCUT2D eigenvalue weighted by Gasteiger charge is -2.18. The van der Waals surface area contributed by atoms with E-state index >= 15 is 0 Å². The van der Waals surface area contributed by atoms with E-state index in [1.54, 1.807) is 0 Å². The summed E-state index contributed by atoms with van der Waals surface area (Å²) in [4.78, 5) is 38.4. The molecule has 0 fully saturated rings. The van der Waals surface area contributed by atoms with Gasteiger partial charge < -0.3 is 14.2 Å². The molecule has 0 saturated carbocycles. The second kappa shape index (κ2) is 67.8. The molecular formula is C75H122O6. The van der Waals surface area contributed by atoms with Crippen molar-refractivity contribution in [2.75, 3.05) is 13.2 Å². The molecule has 0 aromatic carbocycles. The Balaban J connectivity index is 4.53. The number of ether oxygens (including phenoxy) is 3. The normalized spacial score (nSPS) is 13.1. The SMILES string of the molecule is CC/C=C\C/C=C\C/C=C\C/C=C\C/C=C\C/C=C\CCCCC(=O)OC(COC(=O)CC/C=C\C/C=C\C/C=C\C/C=C\C/C=C\C/C=C\CC)COC(=O)CCCCCCCCCCCCCCCCCCCCCCCCC. The molecule has 0 aliphatic carbocycles. The van der Waals surface area contributed by atoms with Gasteiger partial charge in [-0.05, 0) is 109 Å². The zero-order valence-corrected chi connectivity index (χ0v) is 52.5. The predicted octanol–water partition coefficient (Wildman–Crippen LogP) is 23.1. The maximum absolute atomic E-state index is 12.9. The summed E-state index contributed by atoms with van der Waals surface area (Å²) in [5, 5.41) is 0. The molecule has 0 bridgehead atoms. The smallest absolute Gasteiger partial charge is 0.306 e.